The lowest BCUT2D eigenvalue weighted by Gasteiger charge is -2.32. The number of nitrogens with zero attached hydrogens (tertiary/aromatic N) is 7. The summed E-state index contributed by atoms with van der Waals surface area (Å²) in [6.07, 6.45) is 5.92. The summed E-state index contributed by atoms with van der Waals surface area (Å²) < 4.78 is 17.1. The summed E-state index contributed by atoms with van der Waals surface area (Å²) in [6.45, 7) is 1.79. The first kappa shape index (κ1) is 16.0. The topological polar surface area (TPSA) is 90.2 Å². The minimum Gasteiger partial charge on any atom is -0.368 e. The van der Waals surface area contributed by atoms with Crippen LogP contribution in [0.1, 0.15) is 24.6 Å². The highest BCUT2D eigenvalue weighted by molar-refractivity contribution is 5.92. The molecule has 0 amide bonds. The number of fused-ring (bicyclic) bond motifs is 3. The van der Waals surface area contributed by atoms with Gasteiger partial charge in [0.25, 0.3) is 0 Å². The maximum Gasteiger partial charge on any atom is 0.223 e. The second-order valence-corrected chi connectivity index (χ2v) is 6.99. The molecule has 1 aliphatic heterocycles. The summed E-state index contributed by atoms with van der Waals surface area (Å²) in [5, 5.41) is 9.47. The van der Waals surface area contributed by atoms with Gasteiger partial charge in [-0.05, 0) is 31.0 Å². The molecule has 2 N–H and O–H groups in total. The summed E-state index contributed by atoms with van der Waals surface area (Å²) in [4.78, 5) is 11.3. The fourth-order valence-corrected chi connectivity index (χ4v) is 3.78. The normalized spacial score (nSPS) is 17.9. The second-order valence-electron chi connectivity index (χ2n) is 6.99. The number of nitrogen functional groups attached to an aromatic ring is 1. The van der Waals surface area contributed by atoms with E-state index in [-0.39, 0.29) is 17.7 Å². The van der Waals surface area contributed by atoms with Crippen LogP contribution in [0.5, 0.6) is 0 Å². The van der Waals surface area contributed by atoms with E-state index in [1.165, 1.54) is 16.6 Å². The van der Waals surface area contributed by atoms with E-state index in [9.17, 15) is 4.39 Å². The standard InChI is InChI=1S/C18H19FN8/c1-25-10-13(8-21-25)26-6-2-3-11(9-26)16-23-17-14-7-12(19)4-5-15(14)22-18(20)27(17)24-16/h4-5,7-8,10-11H,2-3,6,9H2,1H3,(H2,20,22)/t11-/m0/s1. The maximum absolute atomic E-state index is 13.7. The number of hydrogen-bond donors (Lipinski definition) is 1. The van der Waals surface area contributed by atoms with E-state index in [1.807, 2.05) is 19.4 Å². The molecule has 4 heterocycles. The molecule has 5 rings (SSSR count). The summed E-state index contributed by atoms with van der Waals surface area (Å²) >= 11 is 0. The Bertz CT molecular complexity index is 1150. The predicted molar refractivity (Wildman–Crippen MR) is 100 cm³/mol. The SMILES string of the molecule is Cn1cc(N2CCC[C@H](c3nc4c5cc(F)ccc5nc(N)n4n3)C2)cn1. The van der Waals surface area contributed by atoms with Crippen molar-refractivity contribution < 1.29 is 4.39 Å². The van der Waals surface area contributed by atoms with Crippen LogP contribution in [0.3, 0.4) is 0 Å². The first-order valence-electron chi connectivity index (χ1n) is 8.93. The van der Waals surface area contributed by atoms with Crippen LogP contribution in [-0.2, 0) is 7.05 Å². The van der Waals surface area contributed by atoms with Gasteiger partial charge in [0.05, 0.1) is 17.4 Å². The van der Waals surface area contributed by atoms with Crippen molar-refractivity contribution in [3.63, 3.8) is 0 Å². The van der Waals surface area contributed by atoms with E-state index >= 15 is 0 Å². The molecule has 3 aromatic heterocycles. The van der Waals surface area contributed by atoms with E-state index < -0.39 is 0 Å². The molecule has 0 unspecified atom stereocenters. The molecule has 0 spiro atoms. The van der Waals surface area contributed by atoms with Gasteiger partial charge in [-0.2, -0.15) is 9.61 Å². The number of nitrogens with two attached hydrogens (primary N) is 1. The minimum atomic E-state index is -0.332. The van der Waals surface area contributed by atoms with E-state index in [0.29, 0.717) is 22.4 Å². The molecule has 1 saturated heterocycles. The number of aromatic nitrogens is 6. The van der Waals surface area contributed by atoms with Crippen LogP contribution < -0.4 is 10.6 Å². The zero-order chi connectivity index (χ0) is 18.5. The first-order chi connectivity index (χ1) is 13.1. The number of piperidine rings is 1. The fraction of sp³-hybridized carbons (Fsp3) is 0.333. The third kappa shape index (κ3) is 2.66. The van der Waals surface area contributed by atoms with Gasteiger partial charge in [0.2, 0.25) is 5.95 Å². The van der Waals surface area contributed by atoms with Crippen LogP contribution in [-0.4, -0.2) is 42.5 Å². The third-order valence-corrected chi connectivity index (χ3v) is 5.12. The van der Waals surface area contributed by atoms with Gasteiger partial charge in [-0.1, -0.05) is 0 Å². The molecule has 4 aromatic rings. The molecule has 8 nitrogen and oxygen atoms in total. The van der Waals surface area contributed by atoms with Gasteiger partial charge in [-0.25, -0.2) is 14.4 Å². The van der Waals surface area contributed by atoms with Gasteiger partial charge in [0, 0.05) is 37.6 Å². The summed E-state index contributed by atoms with van der Waals surface area (Å²) in [5.41, 5.74) is 8.31. The van der Waals surface area contributed by atoms with Crippen LogP contribution in [0, 0.1) is 5.82 Å². The lowest BCUT2D eigenvalue weighted by atomic mass is 9.97. The molecule has 0 saturated carbocycles. The number of rotatable bonds is 2. The molecule has 0 radical (unpaired) electrons. The van der Waals surface area contributed by atoms with Gasteiger partial charge < -0.3 is 10.6 Å². The highest BCUT2D eigenvalue weighted by Gasteiger charge is 2.26. The molecule has 1 fully saturated rings. The quantitative estimate of drug-likeness (QED) is 0.584. The molecular weight excluding hydrogens is 347 g/mol. The highest BCUT2D eigenvalue weighted by atomic mass is 19.1. The van der Waals surface area contributed by atoms with Crippen molar-refractivity contribution in [2.45, 2.75) is 18.8 Å². The number of halogens is 1. The van der Waals surface area contributed by atoms with Crippen LogP contribution >= 0.6 is 0 Å². The van der Waals surface area contributed by atoms with E-state index in [4.69, 9.17) is 10.7 Å². The minimum absolute atomic E-state index is 0.168. The zero-order valence-electron chi connectivity index (χ0n) is 14.9. The van der Waals surface area contributed by atoms with Crippen molar-refractivity contribution in [1.82, 2.24) is 29.4 Å². The van der Waals surface area contributed by atoms with Crippen molar-refractivity contribution in [2.75, 3.05) is 23.7 Å². The van der Waals surface area contributed by atoms with Crippen molar-refractivity contribution in [1.29, 1.82) is 0 Å². The Hall–Kier alpha value is -3.23. The average Bonchev–Trinajstić information content (AvgIpc) is 3.30. The van der Waals surface area contributed by atoms with Gasteiger partial charge >= 0.3 is 0 Å². The van der Waals surface area contributed by atoms with E-state index in [0.717, 1.165) is 31.6 Å². The Morgan fingerprint density at radius 2 is 2.15 bits per heavy atom. The largest absolute Gasteiger partial charge is 0.368 e. The third-order valence-electron chi connectivity index (χ3n) is 5.12. The van der Waals surface area contributed by atoms with E-state index in [2.05, 4.69) is 20.1 Å². The van der Waals surface area contributed by atoms with Crippen LogP contribution in [0.2, 0.25) is 0 Å². The number of benzene rings is 1. The highest BCUT2D eigenvalue weighted by Crippen LogP contribution is 2.30. The Labute approximate surface area is 154 Å². The van der Waals surface area contributed by atoms with Crippen molar-refractivity contribution in [3.05, 3.63) is 42.2 Å². The predicted octanol–water partition coefficient (Wildman–Crippen LogP) is 2.12. The molecule has 1 aromatic carbocycles. The lowest BCUT2D eigenvalue weighted by Crippen LogP contribution is -2.34. The molecule has 0 aliphatic carbocycles. The molecule has 138 valence electrons. The summed E-state index contributed by atoms with van der Waals surface area (Å²) in [6, 6.07) is 4.41. The van der Waals surface area contributed by atoms with Gasteiger partial charge in [-0.3, -0.25) is 4.68 Å². The zero-order valence-corrected chi connectivity index (χ0v) is 14.9. The molecular formula is C18H19FN8. The monoisotopic (exact) mass is 366 g/mol. The number of hydrogen-bond acceptors (Lipinski definition) is 6. The summed E-state index contributed by atoms with van der Waals surface area (Å²) in [5.74, 6) is 0.805. The first-order valence-corrected chi connectivity index (χ1v) is 8.93. The van der Waals surface area contributed by atoms with Gasteiger partial charge in [0.1, 0.15) is 5.82 Å². The van der Waals surface area contributed by atoms with Crippen LogP contribution in [0.4, 0.5) is 16.0 Å². The maximum atomic E-state index is 13.7. The number of aryl methyl sites for hydroxylation is 1. The van der Waals surface area contributed by atoms with Gasteiger partial charge in [0.15, 0.2) is 11.5 Å². The molecule has 27 heavy (non-hydrogen) atoms. The van der Waals surface area contributed by atoms with Crippen LogP contribution in [0.15, 0.2) is 30.6 Å². The van der Waals surface area contributed by atoms with Crippen LogP contribution in [0.25, 0.3) is 16.6 Å². The number of anilines is 2. The average molecular weight is 366 g/mol. The molecule has 1 aliphatic rings. The van der Waals surface area contributed by atoms with Crippen molar-refractivity contribution in [3.8, 4) is 0 Å². The smallest absolute Gasteiger partial charge is 0.223 e. The fourth-order valence-electron chi connectivity index (χ4n) is 3.78. The van der Waals surface area contributed by atoms with Crippen molar-refractivity contribution >= 4 is 28.2 Å². The Morgan fingerprint density at radius 1 is 1.26 bits per heavy atom. The Morgan fingerprint density at radius 3 is 2.96 bits per heavy atom. The summed E-state index contributed by atoms with van der Waals surface area (Å²) in [7, 11) is 1.91. The second kappa shape index (κ2) is 5.90. The molecule has 1 atom stereocenters. The Balaban J connectivity index is 1.55. The molecule has 9 heteroatoms. The molecule has 0 bridgehead atoms. The van der Waals surface area contributed by atoms with E-state index in [1.54, 1.807) is 10.7 Å². The lowest BCUT2D eigenvalue weighted by molar-refractivity contribution is 0.491. The van der Waals surface area contributed by atoms with Crippen molar-refractivity contribution in [2.24, 2.45) is 7.05 Å². The Kier molecular flexibility index (Phi) is 3.49. The van der Waals surface area contributed by atoms with Gasteiger partial charge in [-0.15, -0.1) is 5.10 Å².